The zero-order valence-electron chi connectivity index (χ0n) is 16.2. The van der Waals surface area contributed by atoms with E-state index < -0.39 is 9.84 Å². The second-order valence-corrected chi connectivity index (χ2v) is 8.92. The smallest absolute Gasteiger partial charge is 0.214 e. The maximum Gasteiger partial charge on any atom is 0.214 e. The molecule has 0 unspecified atom stereocenters. The van der Waals surface area contributed by atoms with E-state index in [0.717, 1.165) is 37.6 Å². The van der Waals surface area contributed by atoms with Gasteiger partial charge in [0, 0.05) is 37.6 Å². The molecule has 0 N–H and O–H groups in total. The van der Waals surface area contributed by atoms with Gasteiger partial charge in [-0.25, -0.2) is 17.9 Å². The normalized spacial score (nSPS) is 15.6. The molecule has 150 valence electrons. The first-order valence-corrected chi connectivity index (χ1v) is 10.5. The summed E-state index contributed by atoms with van der Waals surface area (Å²) in [4.78, 5) is 9.28. The van der Waals surface area contributed by atoms with Crippen LogP contribution in [0.25, 0.3) is 5.65 Å². The monoisotopic (exact) mass is 421 g/mol. The minimum absolute atomic E-state index is 0. The minimum Gasteiger partial charge on any atom is -0.351 e. The average molecular weight is 422 g/mol. The first-order chi connectivity index (χ1) is 12.9. The van der Waals surface area contributed by atoms with E-state index in [1.54, 1.807) is 28.8 Å². The number of halogens is 1. The van der Waals surface area contributed by atoms with Gasteiger partial charge in [0.1, 0.15) is 0 Å². The number of sulfone groups is 1. The molecule has 3 heterocycles. The van der Waals surface area contributed by atoms with Crippen molar-refractivity contribution in [2.45, 2.75) is 23.6 Å². The zero-order chi connectivity index (χ0) is 19.2. The Morgan fingerprint density at radius 2 is 1.64 bits per heavy atom. The van der Waals surface area contributed by atoms with Crippen LogP contribution in [0, 0.1) is 13.8 Å². The van der Waals surface area contributed by atoms with Crippen LogP contribution in [0.5, 0.6) is 0 Å². The minimum atomic E-state index is -3.75. The predicted octanol–water partition coefficient (Wildman–Crippen LogP) is 2.35. The number of aromatic nitrogens is 3. The van der Waals surface area contributed by atoms with Gasteiger partial charge in [-0.3, -0.25) is 0 Å². The fraction of sp³-hybridized carbons (Fsp3) is 0.368. The number of hydrogen-bond acceptors (Lipinski definition) is 6. The molecule has 0 atom stereocenters. The number of likely N-dealkylation sites (N-methyl/N-ethyl adjacent to an activating group) is 1. The van der Waals surface area contributed by atoms with Crippen LogP contribution in [0.4, 0.5) is 5.82 Å². The summed E-state index contributed by atoms with van der Waals surface area (Å²) in [5, 5.41) is 4.68. The molecule has 1 aliphatic rings. The van der Waals surface area contributed by atoms with E-state index in [1.165, 1.54) is 0 Å². The van der Waals surface area contributed by atoms with Gasteiger partial charge < -0.3 is 9.80 Å². The second-order valence-electron chi connectivity index (χ2n) is 7.03. The summed E-state index contributed by atoms with van der Waals surface area (Å²) in [6.45, 7) is 6.98. The lowest BCUT2D eigenvalue weighted by Crippen LogP contribution is -2.45. The number of aryl methyl sites for hydroxylation is 2. The van der Waals surface area contributed by atoms with E-state index in [4.69, 9.17) is 0 Å². The van der Waals surface area contributed by atoms with Crippen LogP contribution in [0.3, 0.4) is 0 Å². The SMILES string of the molecule is Cc1cc(C)n2nc(N3CCN(C)CC3)c(S(=O)(=O)c3ccccc3)c2n1.Cl. The van der Waals surface area contributed by atoms with Gasteiger partial charge >= 0.3 is 0 Å². The Balaban J connectivity index is 0.00000225. The number of fused-ring (bicyclic) bond motifs is 1. The summed E-state index contributed by atoms with van der Waals surface area (Å²) in [6, 6.07) is 10.4. The Hall–Kier alpha value is -2.16. The number of anilines is 1. The Labute approximate surface area is 171 Å². The van der Waals surface area contributed by atoms with Crippen LogP contribution in [-0.4, -0.2) is 61.1 Å². The molecule has 28 heavy (non-hydrogen) atoms. The molecule has 9 heteroatoms. The van der Waals surface area contributed by atoms with Crippen molar-refractivity contribution in [1.82, 2.24) is 19.5 Å². The molecule has 4 rings (SSSR count). The third-order valence-corrected chi connectivity index (χ3v) is 6.76. The molecule has 0 saturated carbocycles. The van der Waals surface area contributed by atoms with Crippen LogP contribution >= 0.6 is 12.4 Å². The molecule has 1 fully saturated rings. The molecule has 0 amide bonds. The largest absolute Gasteiger partial charge is 0.351 e. The highest BCUT2D eigenvalue weighted by molar-refractivity contribution is 7.91. The van der Waals surface area contributed by atoms with E-state index in [-0.39, 0.29) is 22.2 Å². The van der Waals surface area contributed by atoms with E-state index in [0.29, 0.717) is 11.5 Å². The molecule has 1 aromatic carbocycles. The van der Waals surface area contributed by atoms with Crippen molar-refractivity contribution < 1.29 is 8.42 Å². The number of hydrogen-bond donors (Lipinski definition) is 0. The summed E-state index contributed by atoms with van der Waals surface area (Å²) < 4.78 is 28.7. The van der Waals surface area contributed by atoms with Crippen molar-refractivity contribution in [1.29, 1.82) is 0 Å². The molecule has 0 bridgehead atoms. The van der Waals surface area contributed by atoms with Crippen LogP contribution in [0.2, 0.25) is 0 Å². The standard InChI is InChI=1S/C19H23N5O2S.ClH/c1-14-13-15(2)24-18(20-14)17(27(25,26)16-7-5-4-6-8-16)19(21-24)23-11-9-22(3)10-12-23;/h4-8,13H,9-12H2,1-3H3;1H. The number of piperazine rings is 1. The fourth-order valence-corrected chi connectivity index (χ4v) is 5.01. The van der Waals surface area contributed by atoms with Crippen molar-refractivity contribution in [3.05, 3.63) is 47.8 Å². The summed E-state index contributed by atoms with van der Waals surface area (Å²) in [5.41, 5.74) is 2.03. The molecular formula is C19H24ClN5O2S. The van der Waals surface area contributed by atoms with Crippen LogP contribution in [-0.2, 0) is 9.84 Å². The van der Waals surface area contributed by atoms with Crippen molar-refractivity contribution in [2.24, 2.45) is 0 Å². The van der Waals surface area contributed by atoms with Gasteiger partial charge in [-0.2, -0.15) is 0 Å². The molecule has 0 spiro atoms. The quantitative estimate of drug-likeness (QED) is 0.646. The third kappa shape index (κ3) is 3.47. The molecule has 0 radical (unpaired) electrons. The molecule has 0 aliphatic carbocycles. The van der Waals surface area contributed by atoms with Gasteiger partial charge in [0.15, 0.2) is 16.4 Å². The number of benzene rings is 1. The van der Waals surface area contributed by atoms with Crippen LogP contribution in [0.15, 0.2) is 46.2 Å². The Morgan fingerprint density at radius 1 is 1.00 bits per heavy atom. The average Bonchev–Trinajstić information content (AvgIpc) is 3.03. The highest BCUT2D eigenvalue weighted by Crippen LogP contribution is 2.33. The molecule has 3 aromatic rings. The lowest BCUT2D eigenvalue weighted by Gasteiger charge is -2.32. The van der Waals surface area contributed by atoms with E-state index in [1.807, 2.05) is 26.0 Å². The first-order valence-electron chi connectivity index (χ1n) is 8.98. The van der Waals surface area contributed by atoms with Crippen LogP contribution in [0.1, 0.15) is 11.4 Å². The van der Waals surface area contributed by atoms with Crippen molar-refractivity contribution in [2.75, 3.05) is 38.1 Å². The summed E-state index contributed by atoms with van der Waals surface area (Å²) in [5.74, 6) is 0.494. The Morgan fingerprint density at radius 3 is 2.29 bits per heavy atom. The highest BCUT2D eigenvalue weighted by Gasteiger charge is 2.32. The van der Waals surface area contributed by atoms with Crippen LogP contribution < -0.4 is 4.90 Å². The molecular weight excluding hydrogens is 398 g/mol. The number of nitrogens with zero attached hydrogens (tertiary/aromatic N) is 5. The Bertz CT molecular complexity index is 1090. The van der Waals surface area contributed by atoms with Crippen molar-refractivity contribution in [3.8, 4) is 0 Å². The van der Waals surface area contributed by atoms with E-state index in [9.17, 15) is 8.42 Å². The van der Waals surface area contributed by atoms with E-state index >= 15 is 0 Å². The topological polar surface area (TPSA) is 70.8 Å². The van der Waals surface area contributed by atoms with Gasteiger partial charge in [-0.1, -0.05) is 18.2 Å². The third-order valence-electron chi connectivity index (χ3n) is 4.96. The first kappa shape index (κ1) is 20.6. The van der Waals surface area contributed by atoms with E-state index in [2.05, 4.69) is 26.9 Å². The van der Waals surface area contributed by atoms with Crippen molar-refractivity contribution in [3.63, 3.8) is 0 Å². The van der Waals surface area contributed by atoms with Gasteiger partial charge in [0.05, 0.1) is 4.90 Å². The van der Waals surface area contributed by atoms with Gasteiger partial charge in [-0.15, -0.1) is 17.5 Å². The molecule has 2 aromatic heterocycles. The molecule has 7 nitrogen and oxygen atoms in total. The molecule has 1 saturated heterocycles. The zero-order valence-corrected chi connectivity index (χ0v) is 17.8. The Kier molecular flexibility index (Phi) is 5.65. The predicted molar refractivity (Wildman–Crippen MR) is 111 cm³/mol. The van der Waals surface area contributed by atoms with Gasteiger partial charge in [-0.05, 0) is 39.1 Å². The summed E-state index contributed by atoms with van der Waals surface area (Å²) in [6.07, 6.45) is 0. The summed E-state index contributed by atoms with van der Waals surface area (Å²) in [7, 11) is -1.68. The highest BCUT2D eigenvalue weighted by atomic mass is 35.5. The summed E-state index contributed by atoms with van der Waals surface area (Å²) >= 11 is 0. The van der Waals surface area contributed by atoms with Gasteiger partial charge in [0.2, 0.25) is 9.84 Å². The fourth-order valence-electron chi connectivity index (χ4n) is 3.47. The maximum atomic E-state index is 13.5. The lowest BCUT2D eigenvalue weighted by atomic mass is 10.3. The van der Waals surface area contributed by atoms with Crippen molar-refractivity contribution >= 4 is 33.7 Å². The lowest BCUT2D eigenvalue weighted by molar-refractivity contribution is 0.311. The number of rotatable bonds is 3. The second kappa shape index (κ2) is 7.69. The van der Waals surface area contributed by atoms with Gasteiger partial charge in [0.25, 0.3) is 0 Å². The maximum absolute atomic E-state index is 13.5. The molecule has 1 aliphatic heterocycles.